The Hall–Kier alpha value is -1.75. The Labute approximate surface area is 102 Å². The second-order valence-corrected chi connectivity index (χ2v) is 4.75. The molecule has 1 aromatic carbocycles. The molecule has 0 aliphatic heterocycles. The minimum absolute atomic E-state index is 0.209. The maximum absolute atomic E-state index is 13.7. The number of hydrogen-bond donors (Lipinski definition) is 1. The number of Topliss-reactive ketones (excluding diaryl/α,β-unsaturated/α-hetero) is 1. The molecule has 0 aliphatic rings. The largest absolute Gasteiger partial charge is 0.389 e. The summed E-state index contributed by atoms with van der Waals surface area (Å²) in [4.78, 5) is 15.4. The van der Waals surface area contributed by atoms with Gasteiger partial charge in [-0.15, -0.1) is 0 Å². The highest BCUT2D eigenvalue weighted by Crippen LogP contribution is 2.33. The number of carbonyl (C=O) groups excluding carboxylic acids is 1. The van der Waals surface area contributed by atoms with Crippen LogP contribution in [0.25, 0.3) is 10.6 Å². The van der Waals surface area contributed by atoms with E-state index in [0.717, 1.165) is 16.9 Å². The lowest BCUT2D eigenvalue weighted by molar-refractivity contribution is 0.101. The summed E-state index contributed by atoms with van der Waals surface area (Å²) in [5, 5.41) is 0.776. The zero-order chi connectivity index (χ0) is 12.6. The van der Waals surface area contributed by atoms with Crippen molar-refractivity contribution in [3.63, 3.8) is 0 Å². The second kappa shape index (κ2) is 4.25. The van der Waals surface area contributed by atoms with Crippen LogP contribution < -0.4 is 5.73 Å². The molecule has 0 saturated carbocycles. The summed E-state index contributed by atoms with van der Waals surface area (Å²) >= 11 is 1.13. The number of ketones is 1. The van der Waals surface area contributed by atoms with Crippen LogP contribution in [0.4, 0.5) is 9.39 Å². The van der Waals surface area contributed by atoms with Crippen LogP contribution in [0.2, 0.25) is 0 Å². The number of carbonyl (C=O) groups is 1. The molecule has 2 N–H and O–H groups in total. The highest BCUT2D eigenvalue weighted by atomic mass is 32.1. The number of nitrogens with zero attached hydrogens (tertiary/aromatic N) is 1. The molecule has 0 amide bonds. The predicted octanol–water partition coefficient (Wildman–Crippen LogP) is 3.04. The number of aromatic nitrogens is 1. The second-order valence-electron chi connectivity index (χ2n) is 3.72. The van der Waals surface area contributed by atoms with Crippen molar-refractivity contribution in [1.29, 1.82) is 0 Å². The van der Waals surface area contributed by atoms with Gasteiger partial charge in [-0.3, -0.25) is 4.79 Å². The first-order valence-corrected chi connectivity index (χ1v) is 5.85. The van der Waals surface area contributed by atoms with Crippen LogP contribution in [0.15, 0.2) is 18.2 Å². The van der Waals surface area contributed by atoms with Crippen molar-refractivity contribution in [2.75, 3.05) is 5.73 Å². The van der Waals surface area contributed by atoms with Gasteiger partial charge in [-0.2, -0.15) is 0 Å². The van der Waals surface area contributed by atoms with Gasteiger partial charge in [0.05, 0.1) is 0 Å². The molecule has 2 aromatic rings. The monoisotopic (exact) mass is 250 g/mol. The summed E-state index contributed by atoms with van der Waals surface area (Å²) in [6.07, 6.45) is 0. The van der Waals surface area contributed by atoms with Crippen LogP contribution in [0, 0.1) is 12.7 Å². The summed E-state index contributed by atoms with van der Waals surface area (Å²) in [6, 6.07) is 4.80. The zero-order valence-corrected chi connectivity index (χ0v) is 10.3. The molecular formula is C12H11FN2OS. The number of hydrogen-bond acceptors (Lipinski definition) is 4. The SMILES string of the molecule is CC(=O)c1nc(-c2c(C)cccc2F)sc1N. The number of nitrogens with two attached hydrogens (primary N) is 1. The third-order valence-corrected chi connectivity index (χ3v) is 3.32. The first-order chi connectivity index (χ1) is 8.00. The Morgan fingerprint density at radius 3 is 2.71 bits per heavy atom. The molecule has 1 heterocycles. The van der Waals surface area contributed by atoms with Crippen molar-refractivity contribution < 1.29 is 9.18 Å². The molecule has 0 aliphatic carbocycles. The third-order valence-electron chi connectivity index (χ3n) is 2.42. The van der Waals surface area contributed by atoms with E-state index in [0.29, 0.717) is 15.6 Å². The normalized spacial score (nSPS) is 10.5. The van der Waals surface area contributed by atoms with Crippen molar-refractivity contribution in [3.05, 3.63) is 35.3 Å². The van der Waals surface area contributed by atoms with Crippen LogP contribution in [0.5, 0.6) is 0 Å². The molecule has 0 saturated heterocycles. The van der Waals surface area contributed by atoms with E-state index >= 15 is 0 Å². The van der Waals surface area contributed by atoms with Crippen molar-refractivity contribution in [2.45, 2.75) is 13.8 Å². The highest BCUT2D eigenvalue weighted by Gasteiger charge is 2.17. The van der Waals surface area contributed by atoms with Gasteiger partial charge in [-0.1, -0.05) is 23.5 Å². The summed E-state index contributed by atoms with van der Waals surface area (Å²) in [7, 11) is 0. The van der Waals surface area contributed by atoms with Crippen molar-refractivity contribution in [2.24, 2.45) is 0 Å². The van der Waals surface area contributed by atoms with Crippen LogP contribution in [0.1, 0.15) is 23.0 Å². The van der Waals surface area contributed by atoms with E-state index in [1.165, 1.54) is 13.0 Å². The maximum Gasteiger partial charge on any atom is 0.181 e. The lowest BCUT2D eigenvalue weighted by Gasteiger charge is -2.02. The van der Waals surface area contributed by atoms with Gasteiger partial charge in [-0.05, 0) is 18.6 Å². The molecule has 5 heteroatoms. The molecule has 0 bridgehead atoms. The Balaban J connectivity index is 2.62. The Kier molecular flexibility index (Phi) is 2.93. The van der Waals surface area contributed by atoms with Gasteiger partial charge in [-0.25, -0.2) is 9.37 Å². The van der Waals surface area contributed by atoms with Crippen LogP contribution in [-0.2, 0) is 0 Å². The lowest BCUT2D eigenvalue weighted by atomic mass is 10.1. The molecule has 0 fully saturated rings. The van der Waals surface area contributed by atoms with Crippen molar-refractivity contribution in [1.82, 2.24) is 4.98 Å². The minimum atomic E-state index is -0.353. The van der Waals surface area contributed by atoms with E-state index in [2.05, 4.69) is 4.98 Å². The minimum Gasteiger partial charge on any atom is -0.389 e. The number of nitrogen functional groups attached to an aromatic ring is 1. The van der Waals surface area contributed by atoms with Gasteiger partial charge < -0.3 is 5.73 Å². The fraction of sp³-hybridized carbons (Fsp3) is 0.167. The fourth-order valence-corrected chi connectivity index (χ4v) is 2.59. The van der Waals surface area contributed by atoms with Gasteiger partial charge in [0.1, 0.15) is 21.5 Å². The van der Waals surface area contributed by atoms with Crippen LogP contribution >= 0.6 is 11.3 Å². The highest BCUT2D eigenvalue weighted by molar-refractivity contribution is 7.19. The van der Waals surface area contributed by atoms with Gasteiger partial charge in [0.2, 0.25) is 0 Å². The smallest absolute Gasteiger partial charge is 0.181 e. The molecule has 17 heavy (non-hydrogen) atoms. The summed E-state index contributed by atoms with van der Waals surface area (Å²) < 4.78 is 13.7. The molecule has 0 atom stereocenters. The Bertz CT molecular complexity index is 572. The van der Waals surface area contributed by atoms with Gasteiger partial charge in [0, 0.05) is 12.5 Å². The van der Waals surface area contributed by atoms with E-state index in [1.807, 2.05) is 0 Å². The molecule has 0 unspecified atom stereocenters. The molecule has 0 spiro atoms. The van der Waals surface area contributed by atoms with E-state index in [-0.39, 0.29) is 17.3 Å². The number of rotatable bonds is 2. The predicted molar refractivity (Wildman–Crippen MR) is 66.7 cm³/mol. The molecular weight excluding hydrogens is 239 g/mol. The van der Waals surface area contributed by atoms with Gasteiger partial charge in [0.25, 0.3) is 0 Å². The topological polar surface area (TPSA) is 56.0 Å². The quantitative estimate of drug-likeness (QED) is 0.833. The number of anilines is 1. The molecule has 2 rings (SSSR count). The lowest BCUT2D eigenvalue weighted by Crippen LogP contribution is -1.97. The standard InChI is InChI=1S/C12H11FN2OS/c1-6-4-3-5-8(13)9(6)12-15-10(7(2)16)11(14)17-12/h3-5H,14H2,1-2H3. The number of halogens is 1. The molecule has 88 valence electrons. The van der Waals surface area contributed by atoms with Gasteiger partial charge in [0.15, 0.2) is 5.78 Å². The Morgan fingerprint density at radius 2 is 2.18 bits per heavy atom. The van der Waals surface area contributed by atoms with Crippen molar-refractivity contribution >= 4 is 22.1 Å². The average Bonchev–Trinajstić information content (AvgIpc) is 2.60. The van der Waals surface area contributed by atoms with Crippen LogP contribution in [0.3, 0.4) is 0 Å². The summed E-state index contributed by atoms with van der Waals surface area (Å²) in [5.41, 5.74) is 7.09. The molecule has 1 aromatic heterocycles. The van der Waals surface area contributed by atoms with E-state index in [1.54, 1.807) is 19.1 Å². The van der Waals surface area contributed by atoms with E-state index in [4.69, 9.17) is 5.73 Å². The molecule has 3 nitrogen and oxygen atoms in total. The van der Waals surface area contributed by atoms with E-state index in [9.17, 15) is 9.18 Å². The molecule has 0 radical (unpaired) electrons. The summed E-state index contributed by atoms with van der Waals surface area (Å²) in [6.45, 7) is 3.19. The first kappa shape index (κ1) is 11.7. The summed E-state index contributed by atoms with van der Waals surface area (Å²) in [5.74, 6) is -0.562. The first-order valence-electron chi connectivity index (χ1n) is 5.03. The van der Waals surface area contributed by atoms with E-state index < -0.39 is 0 Å². The fourth-order valence-electron chi connectivity index (χ4n) is 1.59. The Morgan fingerprint density at radius 1 is 1.47 bits per heavy atom. The zero-order valence-electron chi connectivity index (χ0n) is 9.45. The number of benzene rings is 1. The van der Waals surface area contributed by atoms with Crippen molar-refractivity contribution in [3.8, 4) is 10.6 Å². The maximum atomic E-state index is 13.7. The van der Waals surface area contributed by atoms with Gasteiger partial charge >= 0.3 is 0 Å². The number of thiazole rings is 1. The number of aryl methyl sites for hydroxylation is 1. The van der Waals surface area contributed by atoms with Crippen LogP contribution in [-0.4, -0.2) is 10.8 Å². The average molecular weight is 250 g/mol. The third kappa shape index (κ3) is 2.06.